The number of ether oxygens (including phenoxy) is 3. The number of nitriles is 1. The lowest BCUT2D eigenvalue weighted by atomic mass is 10.3. The molecule has 0 aliphatic rings. The minimum absolute atomic E-state index is 0.0151. The number of benzene rings is 1. The Labute approximate surface area is 194 Å². The van der Waals surface area contributed by atoms with E-state index in [0.29, 0.717) is 11.6 Å². The molecule has 2 amide bonds. The Morgan fingerprint density at radius 2 is 1.94 bits per heavy atom. The van der Waals surface area contributed by atoms with Crippen LogP contribution in [0.15, 0.2) is 35.6 Å². The molecule has 10 nitrogen and oxygen atoms in total. The summed E-state index contributed by atoms with van der Waals surface area (Å²) in [7, 11) is 0. The number of rotatable bonds is 8. The molecule has 2 rings (SSSR count). The zero-order valence-electron chi connectivity index (χ0n) is 17.3. The predicted molar refractivity (Wildman–Crippen MR) is 118 cm³/mol. The number of carbonyl (C=O) groups is 2. The number of alkyl carbamates (subject to hydrolysis) is 1. The molecule has 0 unspecified atom stereocenters. The maximum Gasteiger partial charge on any atom is 0.414 e. The number of aromatic nitrogens is 1. The van der Waals surface area contributed by atoms with Crippen LogP contribution in [0.5, 0.6) is 17.4 Å². The average molecular weight is 480 g/mol. The summed E-state index contributed by atoms with van der Waals surface area (Å²) in [5.74, 6) is -0.0379. The van der Waals surface area contributed by atoms with E-state index in [1.165, 1.54) is 18.3 Å². The van der Waals surface area contributed by atoms with E-state index < -0.39 is 17.7 Å². The lowest BCUT2D eigenvalue weighted by Crippen LogP contribution is -2.36. The minimum Gasteiger partial charge on any atom is -0.475 e. The normalized spacial score (nSPS) is 10.8. The van der Waals surface area contributed by atoms with E-state index in [0.717, 1.165) is 0 Å². The molecule has 1 heterocycles. The fraction of sp³-hybridized carbons (Fsp3) is 0.250. The summed E-state index contributed by atoms with van der Waals surface area (Å²) in [6.07, 6.45) is 0.451. The smallest absolute Gasteiger partial charge is 0.414 e. The van der Waals surface area contributed by atoms with Gasteiger partial charge in [0.15, 0.2) is 5.75 Å². The Bertz CT molecular complexity index is 1030. The number of imide groups is 1. The lowest BCUT2D eigenvalue weighted by Gasteiger charge is -2.12. The molecule has 0 radical (unpaired) electrons. The van der Waals surface area contributed by atoms with Crippen LogP contribution in [0.1, 0.15) is 20.8 Å². The van der Waals surface area contributed by atoms with Crippen LogP contribution in [0.25, 0.3) is 0 Å². The molecule has 0 saturated carbocycles. The van der Waals surface area contributed by atoms with Gasteiger partial charge in [-0.25, -0.2) is 9.78 Å². The van der Waals surface area contributed by atoms with Gasteiger partial charge in [0.05, 0.1) is 34.6 Å². The topological polar surface area (TPSA) is 135 Å². The van der Waals surface area contributed by atoms with E-state index in [9.17, 15) is 9.59 Å². The van der Waals surface area contributed by atoms with Crippen LogP contribution in [0.2, 0.25) is 10.0 Å². The van der Waals surface area contributed by atoms with Crippen molar-refractivity contribution in [2.75, 3.05) is 12.0 Å². The molecule has 1 aromatic heterocycles. The summed E-state index contributed by atoms with van der Waals surface area (Å²) >= 11 is 12.5. The van der Waals surface area contributed by atoms with Crippen LogP contribution >= 0.6 is 23.2 Å². The van der Waals surface area contributed by atoms with E-state index in [1.807, 2.05) is 19.2 Å². The fourth-order valence-electron chi connectivity index (χ4n) is 2.14. The van der Waals surface area contributed by atoms with Crippen molar-refractivity contribution in [2.45, 2.75) is 26.9 Å². The third-order valence-corrected chi connectivity index (χ3v) is 3.95. The van der Waals surface area contributed by atoms with Gasteiger partial charge in [-0.2, -0.15) is 10.4 Å². The van der Waals surface area contributed by atoms with Gasteiger partial charge in [0.1, 0.15) is 11.8 Å². The molecule has 1 aromatic carbocycles. The van der Waals surface area contributed by atoms with Crippen molar-refractivity contribution in [1.82, 2.24) is 10.3 Å². The highest BCUT2D eigenvalue weighted by Crippen LogP contribution is 2.38. The number of carbonyl (C=O) groups excluding carboxylic acids is 2. The quantitative estimate of drug-likeness (QED) is 0.416. The van der Waals surface area contributed by atoms with Gasteiger partial charge in [-0.15, -0.1) is 0 Å². The van der Waals surface area contributed by atoms with Crippen molar-refractivity contribution in [3.8, 4) is 23.4 Å². The van der Waals surface area contributed by atoms with Gasteiger partial charge in [-0.1, -0.05) is 23.2 Å². The molecule has 0 aliphatic carbocycles. The number of hydrogen-bond donors (Lipinski definition) is 2. The van der Waals surface area contributed by atoms with Gasteiger partial charge in [-0.05, 0) is 39.0 Å². The highest BCUT2D eigenvalue weighted by Gasteiger charge is 2.16. The molecule has 0 atom stereocenters. The molecule has 0 fully saturated rings. The number of amides is 2. The first-order valence-corrected chi connectivity index (χ1v) is 10.0. The molecular weight excluding hydrogens is 461 g/mol. The summed E-state index contributed by atoms with van der Waals surface area (Å²) in [4.78, 5) is 27.3. The Morgan fingerprint density at radius 1 is 1.25 bits per heavy atom. The van der Waals surface area contributed by atoms with Crippen LogP contribution < -0.4 is 20.2 Å². The van der Waals surface area contributed by atoms with Crippen LogP contribution in [-0.4, -0.2) is 35.4 Å². The molecule has 0 saturated heterocycles. The second kappa shape index (κ2) is 11.7. The summed E-state index contributed by atoms with van der Waals surface area (Å²) in [6, 6.07) is 7.71. The third kappa shape index (κ3) is 7.30. The molecule has 0 spiro atoms. The van der Waals surface area contributed by atoms with Crippen molar-refractivity contribution in [2.24, 2.45) is 5.10 Å². The maximum atomic E-state index is 11.9. The van der Waals surface area contributed by atoms with Gasteiger partial charge >= 0.3 is 6.09 Å². The van der Waals surface area contributed by atoms with E-state index >= 15 is 0 Å². The number of hydrogen-bond acceptors (Lipinski definition) is 9. The predicted octanol–water partition coefficient (Wildman–Crippen LogP) is 4.53. The van der Waals surface area contributed by atoms with E-state index in [-0.39, 0.29) is 34.2 Å². The zero-order valence-corrected chi connectivity index (χ0v) is 18.8. The molecule has 2 N–H and O–H groups in total. The standard InChI is InChI=1S/C20H19Cl2N5O5/c1-4-30-20(29)25-19(28)16(9-23)27-26-12-7-14(21)18(15(22)8-12)32-13-5-6-17(24-10-13)31-11(2)3/h5-8,10-11,26H,4H2,1-3H3,(H,25,28,29). The van der Waals surface area contributed by atoms with Crippen molar-refractivity contribution in [3.63, 3.8) is 0 Å². The average Bonchev–Trinajstić information content (AvgIpc) is 2.72. The van der Waals surface area contributed by atoms with Crippen LogP contribution in [-0.2, 0) is 9.53 Å². The molecule has 0 bridgehead atoms. The fourth-order valence-corrected chi connectivity index (χ4v) is 2.71. The largest absolute Gasteiger partial charge is 0.475 e. The zero-order chi connectivity index (χ0) is 23.7. The Kier molecular flexibility index (Phi) is 9.07. The number of hydrazone groups is 1. The van der Waals surface area contributed by atoms with Crippen LogP contribution in [0.4, 0.5) is 10.5 Å². The first-order valence-electron chi connectivity index (χ1n) is 9.25. The Morgan fingerprint density at radius 3 is 2.47 bits per heavy atom. The first-order chi connectivity index (χ1) is 15.2. The summed E-state index contributed by atoms with van der Waals surface area (Å²) in [5, 5.41) is 14.9. The van der Waals surface area contributed by atoms with Crippen molar-refractivity contribution in [3.05, 3.63) is 40.5 Å². The van der Waals surface area contributed by atoms with Crippen molar-refractivity contribution >= 4 is 46.6 Å². The Balaban J connectivity index is 2.11. The molecule has 12 heteroatoms. The van der Waals surface area contributed by atoms with Gasteiger partial charge in [-0.3, -0.25) is 15.5 Å². The van der Waals surface area contributed by atoms with E-state index in [4.69, 9.17) is 37.9 Å². The molecule has 0 aliphatic heterocycles. The van der Waals surface area contributed by atoms with Gasteiger partial charge < -0.3 is 14.2 Å². The highest BCUT2D eigenvalue weighted by atomic mass is 35.5. The number of nitrogens with one attached hydrogen (secondary N) is 2. The van der Waals surface area contributed by atoms with Crippen LogP contribution in [0, 0.1) is 11.3 Å². The second-order valence-electron chi connectivity index (χ2n) is 6.23. The maximum absolute atomic E-state index is 11.9. The van der Waals surface area contributed by atoms with Gasteiger partial charge in [0, 0.05) is 6.07 Å². The number of anilines is 1. The van der Waals surface area contributed by atoms with Gasteiger partial charge in [0.25, 0.3) is 5.91 Å². The molecular formula is C20H19Cl2N5O5. The summed E-state index contributed by atoms with van der Waals surface area (Å²) < 4.78 is 15.7. The molecule has 32 heavy (non-hydrogen) atoms. The SMILES string of the molecule is CCOC(=O)NC(=O)C(C#N)=NNc1cc(Cl)c(Oc2ccc(OC(C)C)nc2)c(Cl)c1. The lowest BCUT2D eigenvalue weighted by molar-refractivity contribution is -0.114. The summed E-state index contributed by atoms with van der Waals surface area (Å²) in [5.41, 5.74) is 2.14. The van der Waals surface area contributed by atoms with E-state index in [1.54, 1.807) is 25.1 Å². The van der Waals surface area contributed by atoms with Crippen molar-refractivity contribution < 1.29 is 23.8 Å². The summed E-state index contributed by atoms with van der Waals surface area (Å²) in [6.45, 7) is 5.40. The van der Waals surface area contributed by atoms with E-state index in [2.05, 4.69) is 20.2 Å². The monoisotopic (exact) mass is 479 g/mol. The highest BCUT2D eigenvalue weighted by molar-refractivity contribution is 6.47. The Hall–Kier alpha value is -3.55. The number of nitrogens with zero attached hydrogens (tertiary/aromatic N) is 3. The first kappa shape index (κ1) is 24.7. The molecule has 2 aromatic rings. The van der Waals surface area contributed by atoms with Crippen molar-refractivity contribution in [1.29, 1.82) is 5.26 Å². The van der Waals surface area contributed by atoms with Crippen LogP contribution in [0.3, 0.4) is 0 Å². The number of pyridine rings is 1. The number of halogens is 2. The third-order valence-electron chi connectivity index (χ3n) is 3.39. The second-order valence-corrected chi connectivity index (χ2v) is 7.04. The van der Waals surface area contributed by atoms with Gasteiger partial charge in [0.2, 0.25) is 11.6 Å². The molecule has 168 valence electrons. The minimum atomic E-state index is -1.03.